The normalized spacial score (nSPS) is 16.0. The summed E-state index contributed by atoms with van der Waals surface area (Å²) in [7, 11) is 2.31. The van der Waals surface area contributed by atoms with Crippen molar-refractivity contribution in [3.63, 3.8) is 0 Å². The minimum absolute atomic E-state index is 0.0443. The predicted molar refractivity (Wildman–Crippen MR) is 139 cm³/mol. The van der Waals surface area contributed by atoms with E-state index < -0.39 is 40.5 Å². The van der Waals surface area contributed by atoms with E-state index >= 15 is 0 Å². The molecule has 1 aromatic heterocycles. The van der Waals surface area contributed by atoms with Gasteiger partial charge in [0, 0.05) is 24.1 Å². The number of halogens is 3. The van der Waals surface area contributed by atoms with Crippen LogP contribution in [0.5, 0.6) is 5.75 Å². The number of nitriles is 1. The molecule has 0 saturated heterocycles. The Morgan fingerprint density at radius 1 is 1.31 bits per heavy atom. The van der Waals surface area contributed by atoms with Crippen molar-refractivity contribution in [3.05, 3.63) is 71.0 Å². The van der Waals surface area contributed by atoms with Crippen molar-refractivity contribution in [3.8, 4) is 11.8 Å². The molecular formula is C25H24F3N7O3S. The number of hydrogen-bond donors (Lipinski definition) is 2. The first kappa shape index (κ1) is 27.8. The highest BCUT2D eigenvalue weighted by Crippen LogP contribution is 2.34. The van der Waals surface area contributed by atoms with E-state index in [1.807, 2.05) is 6.07 Å². The number of likely N-dealkylation sites (N-methyl/N-ethyl adjacent to an activating group) is 1. The van der Waals surface area contributed by atoms with E-state index in [0.717, 1.165) is 12.1 Å². The summed E-state index contributed by atoms with van der Waals surface area (Å²) in [5.74, 6) is -0.856. The SMILES string of the molecule is COc1ccc(C(=O)Nc2cnn3c2C(=O)N(c2ccc(C(F)(F)F)cc2)CC3CN(C)S(C)=N)cc1C#N. The Bertz CT molecular complexity index is 1480. The second-order valence-electron chi connectivity index (χ2n) is 8.74. The molecule has 0 aliphatic carbocycles. The zero-order valence-electron chi connectivity index (χ0n) is 21.1. The van der Waals surface area contributed by atoms with Gasteiger partial charge >= 0.3 is 6.18 Å². The molecule has 1 aliphatic heterocycles. The number of aromatic nitrogens is 2. The Morgan fingerprint density at radius 2 is 2.00 bits per heavy atom. The van der Waals surface area contributed by atoms with Gasteiger partial charge in [-0.3, -0.25) is 19.1 Å². The molecule has 4 rings (SSSR count). The summed E-state index contributed by atoms with van der Waals surface area (Å²) in [6, 6.07) is 10.1. The summed E-state index contributed by atoms with van der Waals surface area (Å²) >= 11 is 0. The van der Waals surface area contributed by atoms with Crippen LogP contribution in [0.3, 0.4) is 0 Å². The summed E-state index contributed by atoms with van der Waals surface area (Å²) in [4.78, 5) is 28.0. The number of alkyl halides is 3. The van der Waals surface area contributed by atoms with Crippen LogP contribution in [0.2, 0.25) is 0 Å². The molecule has 39 heavy (non-hydrogen) atoms. The van der Waals surface area contributed by atoms with Gasteiger partial charge in [-0.15, -0.1) is 0 Å². The van der Waals surface area contributed by atoms with Gasteiger partial charge < -0.3 is 15.0 Å². The number of carbonyl (C=O) groups excluding carboxylic acids is 2. The zero-order chi connectivity index (χ0) is 28.5. The number of nitrogens with zero attached hydrogens (tertiary/aromatic N) is 5. The lowest BCUT2D eigenvalue weighted by Crippen LogP contribution is -2.47. The first-order chi connectivity index (χ1) is 18.4. The van der Waals surface area contributed by atoms with Crippen LogP contribution >= 0.6 is 0 Å². The van der Waals surface area contributed by atoms with Gasteiger partial charge in [-0.05, 0) is 60.4 Å². The molecule has 1 aliphatic rings. The van der Waals surface area contributed by atoms with Crippen LogP contribution in [0, 0.1) is 16.1 Å². The van der Waals surface area contributed by atoms with Gasteiger partial charge in [0.15, 0.2) is 5.69 Å². The molecule has 2 heterocycles. The highest BCUT2D eigenvalue weighted by atomic mass is 32.2. The molecule has 2 atom stereocenters. The highest BCUT2D eigenvalue weighted by molar-refractivity contribution is 7.82. The number of methoxy groups -OCH3 is 1. The van der Waals surface area contributed by atoms with E-state index in [9.17, 15) is 28.0 Å². The van der Waals surface area contributed by atoms with Crippen molar-refractivity contribution in [2.75, 3.05) is 43.7 Å². The largest absolute Gasteiger partial charge is 0.495 e. The summed E-state index contributed by atoms with van der Waals surface area (Å²) < 4.78 is 55.7. The second kappa shape index (κ2) is 10.9. The van der Waals surface area contributed by atoms with Gasteiger partial charge in [-0.25, -0.2) is 4.31 Å². The molecule has 2 N–H and O–H groups in total. The molecule has 3 aromatic rings. The first-order valence-electron chi connectivity index (χ1n) is 11.5. The molecular weight excluding hydrogens is 535 g/mol. The molecule has 0 fully saturated rings. The number of anilines is 2. The Labute approximate surface area is 224 Å². The van der Waals surface area contributed by atoms with E-state index in [1.54, 1.807) is 17.6 Å². The van der Waals surface area contributed by atoms with Crippen LogP contribution in [0.1, 0.15) is 38.0 Å². The van der Waals surface area contributed by atoms with Gasteiger partial charge in [0.25, 0.3) is 11.8 Å². The van der Waals surface area contributed by atoms with Crippen LogP contribution in [0.25, 0.3) is 0 Å². The van der Waals surface area contributed by atoms with Crippen molar-refractivity contribution in [1.29, 1.82) is 10.0 Å². The molecule has 0 spiro atoms. The van der Waals surface area contributed by atoms with Crippen molar-refractivity contribution in [1.82, 2.24) is 14.1 Å². The van der Waals surface area contributed by atoms with Crippen molar-refractivity contribution in [2.45, 2.75) is 12.2 Å². The number of nitrogens with one attached hydrogen (secondary N) is 2. The van der Waals surface area contributed by atoms with Crippen LogP contribution in [0.4, 0.5) is 24.5 Å². The van der Waals surface area contributed by atoms with E-state index in [4.69, 9.17) is 9.52 Å². The van der Waals surface area contributed by atoms with Crippen LogP contribution in [-0.4, -0.2) is 59.4 Å². The molecule has 2 unspecified atom stereocenters. The minimum atomic E-state index is -4.52. The fourth-order valence-corrected chi connectivity index (χ4v) is 4.57. The number of carbonyl (C=O) groups is 2. The van der Waals surface area contributed by atoms with E-state index in [2.05, 4.69) is 10.4 Å². The minimum Gasteiger partial charge on any atom is -0.495 e. The Hall–Kier alpha value is -4.22. The molecule has 204 valence electrons. The topological polar surface area (TPSA) is 127 Å². The number of fused-ring (bicyclic) bond motifs is 1. The Balaban J connectivity index is 1.70. The maximum atomic E-state index is 13.6. The maximum absolute atomic E-state index is 13.6. The van der Waals surface area contributed by atoms with Crippen LogP contribution < -0.4 is 15.0 Å². The van der Waals surface area contributed by atoms with Crippen molar-refractivity contribution >= 4 is 34.1 Å². The van der Waals surface area contributed by atoms with Gasteiger partial charge in [-0.1, -0.05) is 0 Å². The average Bonchev–Trinajstić information content (AvgIpc) is 3.33. The average molecular weight is 560 g/mol. The molecule has 14 heteroatoms. The van der Waals surface area contributed by atoms with Gasteiger partial charge in [-0.2, -0.15) is 23.5 Å². The van der Waals surface area contributed by atoms with Gasteiger partial charge in [0.1, 0.15) is 11.8 Å². The third kappa shape index (κ3) is 5.64. The highest BCUT2D eigenvalue weighted by Gasteiger charge is 2.37. The lowest BCUT2D eigenvalue weighted by molar-refractivity contribution is -0.137. The van der Waals surface area contributed by atoms with Crippen molar-refractivity contribution in [2.24, 2.45) is 0 Å². The van der Waals surface area contributed by atoms with Gasteiger partial charge in [0.2, 0.25) is 0 Å². The molecule has 2 aromatic carbocycles. The van der Waals surface area contributed by atoms with Crippen molar-refractivity contribution < 1.29 is 27.5 Å². The number of ether oxygens (including phenoxy) is 1. The predicted octanol–water partition coefficient (Wildman–Crippen LogP) is 4.09. The summed E-state index contributed by atoms with van der Waals surface area (Å²) in [5, 5.41) is 16.3. The zero-order valence-corrected chi connectivity index (χ0v) is 21.9. The third-order valence-corrected chi connectivity index (χ3v) is 7.34. The number of rotatable bonds is 7. The number of hydrogen-bond acceptors (Lipinski definition) is 6. The van der Waals surface area contributed by atoms with E-state index in [1.165, 1.54) is 53.2 Å². The van der Waals surface area contributed by atoms with Crippen LogP contribution in [-0.2, 0) is 17.1 Å². The summed E-state index contributed by atoms with van der Waals surface area (Å²) in [6.45, 7) is 0.414. The summed E-state index contributed by atoms with van der Waals surface area (Å²) in [5.41, 5.74) is -0.144. The monoisotopic (exact) mass is 559 g/mol. The third-order valence-electron chi connectivity index (χ3n) is 6.25. The second-order valence-corrected chi connectivity index (χ2v) is 10.3. The molecule has 0 saturated carbocycles. The number of benzene rings is 2. The van der Waals surface area contributed by atoms with E-state index in [0.29, 0.717) is 12.3 Å². The maximum Gasteiger partial charge on any atom is 0.416 e. The van der Waals surface area contributed by atoms with E-state index in [-0.39, 0.29) is 34.7 Å². The molecule has 0 bridgehead atoms. The quantitative estimate of drug-likeness (QED) is 0.449. The molecule has 2 amide bonds. The number of amides is 2. The lowest BCUT2D eigenvalue weighted by atomic mass is 10.1. The fraction of sp³-hybridized carbons (Fsp3) is 0.280. The standard InChI is InChI=1S/C25H24F3N7O3S/c1-33(39(3)30)13-19-14-34(18-7-5-17(6-8-18)25(26,27)28)24(37)22-20(12-31-35(19)22)32-23(36)15-4-9-21(38-2)16(10-15)11-29/h4-10,12,19,30H,13-14H2,1-3H3,(H,32,36). The Kier molecular flexibility index (Phi) is 7.75. The van der Waals surface area contributed by atoms with Crippen LogP contribution in [0.15, 0.2) is 48.7 Å². The smallest absolute Gasteiger partial charge is 0.416 e. The Morgan fingerprint density at radius 3 is 2.59 bits per heavy atom. The van der Waals surface area contributed by atoms with Gasteiger partial charge in [0.05, 0.1) is 42.7 Å². The fourth-order valence-electron chi connectivity index (χ4n) is 4.17. The summed E-state index contributed by atoms with van der Waals surface area (Å²) in [6.07, 6.45) is -1.49. The first-order valence-corrected chi connectivity index (χ1v) is 13.1. The molecule has 10 nitrogen and oxygen atoms in total. The lowest BCUT2D eigenvalue weighted by Gasteiger charge is -2.35. The molecule has 0 radical (unpaired) electrons.